The van der Waals surface area contributed by atoms with Gasteiger partial charge >= 0.3 is 6.03 Å². The molecule has 1 aliphatic rings. The van der Waals surface area contributed by atoms with Crippen molar-refractivity contribution in [2.75, 3.05) is 5.32 Å². The largest absolute Gasteiger partial charge is 0.352 e. The molecule has 1 fully saturated rings. The summed E-state index contributed by atoms with van der Waals surface area (Å²) in [5.41, 5.74) is 1.84. The van der Waals surface area contributed by atoms with Crippen LogP contribution in [0.15, 0.2) is 24.3 Å². The van der Waals surface area contributed by atoms with E-state index in [1.165, 1.54) is 12.8 Å². The average Bonchev–Trinajstić information content (AvgIpc) is 2.94. The lowest BCUT2D eigenvalue weighted by Crippen LogP contribution is -2.48. The molecule has 3 N–H and O–H groups in total. The average molecular weight is 289 g/mol. The van der Waals surface area contributed by atoms with Crippen molar-refractivity contribution >= 4 is 17.6 Å². The van der Waals surface area contributed by atoms with Crippen LogP contribution in [0.25, 0.3) is 0 Å². The number of urea groups is 1. The molecule has 0 saturated heterocycles. The Balaban J connectivity index is 1.78. The van der Waals surface area contributed by atoms with Gasteiger partial charge in [0, 0.05) is 11.7 Å². The molecule has 1 aliphatic carbocycles. The second-order valence-electron chi connectivity index (χ2n) is 5.68. The van der Waals surface area contributed by atoms with Crippen LogP contribution in [-0.2, 0) is 4.79 Å². The predicted octanol–water partition coefficient (Wildman–Crippen LogP) is 2.56. The molecule has 1 saturated carbocycles. The summed E-state index contributed by atoms with van der Waals surface area (Å²) >= 11 is 0. The number of hydrogen-bond acceptors (Lipinski definition) is 2. The fraction of sp³-hybridized carbons (Fsp3) is 0.500. The minimum Gasteiger partial charge on any atom is -0.352 e. The van der Waals surface area contributed by atoms with Crippen LogP contribution < -0.4 is 16.0 Å². The summed E-state index contributed by atoms with van der Waals surface area (Å²) in [5.74, 6) is -0.124. The van der Waals surface area contributed by atoms with Crippen LogP contribution in [-0.4, -0.2) is 24.0 Å². The van der Waals surface area contributed by atoms with E-state index in [0.29, 0.717) is 5.69 Å². The van der Waals surface area contributed by atoms with Crippen LogP contribution in [0, 0.1) is 6.92 Å². The molecule has 21 heavy (non-hydrogen) atoms. The molecule has 5 nitrogen and oxygen atoms in total. The Morgan fingerprint density at radius 3 is 2.38 bits per heavy atom. The van der Waals surface area contributed by atoms with Gasteiger partial charge in [-0.25, -0.2) is 4.79 Å². The van der Waals surface area contributed by atoms with E-state index < -0.39 is 6.04 Å². The highest BCUT2D eigenvalue weighted by atomic mass is 16.2. The molecule has 3 amide bonds. The molecule has 114 valence electrons. The molecule has 1 atom stereocenters. The lowest BCUT2D eigenvalue weighted by atomic mass is 10.2. The summed E-state index contributed by atoms with van der Waals surface area (Å²) in [7, 11) is 0. The van der Waals surface area contributed by atoms with E-state index in [1.807, 2.05) is 31.2 Å². The summed E-state index contributed by atoms with van der Waals surface area (Å²) < 4.78 is 0. The van der Waals surface area contributed by atoms with Crippen molar-refractivity contribution in [1.82, 2.24) is 10.6 Å². The molecule has 5 heteroatoms. The molecule has 0 unspecified atom stereocenters. The second kappa shape index (κ2) is 7.11. The van der Waals surface area contributed by atoms with E-state index in [-0.39, 0.29) is 18.0 Å². The molecular formula is C16H23N3O2. The van der Waals surface area contributed by atoms with Crippen LogP contribution >= 0.6 is 0 Å². The smallest absolute Gasteiger partial charge is 0.319 e. The van der Waals surface area contributed by atoms with Crippen molar-refractivity contribution in [3.05, 3.63) is 29.8 Å². The van der Waals surface area contributed by atoms with Gasteiger partial charge in [0.2, 0.25) is 5.91 Å². The molecule has 0 aromatic heterocycles. The van der Waals surface area contributed by atoms with Crippen molar-refractivity contribution < 1.29 is 9.59 Å². The van der Waals surface area contributed by atoms with Gasteiger partial charge in [-0.3, -0.25) is 4.79 Å². The van der Waals surface area contributed by atoms with Gasteiger partial charge < -0.3 is 16.0 Å². The van der Waals surface area contributed by atoms with Crippen LogP contribution in [0.4, 0.5) is 10.5 Å². The van der Waals surface area contributed by atoms with Crippen molar-refractivity contribution in [2.45, 2.75) is 51.6 Å². The summed E-state index contributed by atoms with van der Waals surface area (Å²) in [6, 6.07) is 6.86. The van der Waals surface area contributed by atoms with Crippen LogP contribution in [0.5, 0.6) is 0 Å². The van der Waals surface area contributed by atoms with Gasteiger partial charge in [-0.1, -0.05) is 30.5 Å². The third-order valence-electron chi connectivity index (χ3n) is 3.75. The highest BCUT2D eigenvalue weighted by Crippen LogP contribution is 2.17. The number of nitrogens with one attached hydrogen (secondary N) is 3. The second-order valence-corrected chi connectivity index (χ2v) is 5.68. The Morgan fingerprint density at radius 2 is 1.76 bits per heavy atom. The highest BCUT2D eigenvalue weighted by Gasteiger charge is 2.21. The maximum Gasteiger partial charge on any atom is 0.319 e. The first-order chi connectivity index (χ1) is 10.0. The third kappa shape index (κ3) is 4.77. The van der Waals surface area contributed by atoms with E-state index in [0.717, 1.165) is 18.4 Å². The molecule has 0 radical (unpaired) electrons. The topological polar surface area (TPSA) is 70.2 Å². The van der Waals surface area contributed by atoms with Crippen molar-refractivity contribution in [2.24, 2.45) is 0 Å². The van der Waals surface area contributed by atoms with Gasteiger partial charge in [0.25, 0.3) is 0 Å². The Labute approximate surface area is 125 Å². The molecule has 0 spiro atoms. The normalized spacial score (nSPS) is 16.3. The molecule has 0 heterocycles. The fourth-order valence-electron chi connectivity index (χ4n) is 2.46. The Hall–Kier alpha value is -2.04. The summed E-state index contributed by atoms with van der Waals surface area (Å²) in [4.78, 5) is 23.8. The minimum absolute atomic E-state index is 0.124. The van der Waals surface area contributed by atoms with Crippen LogP contribution in [0.3, 0.4) is 0 Å². The van der Waals surface area contributed by atoms with Gasteiger partial charge in [-0.05, 0) is 38.8 Å². The molecule has 2 rings (SSSR count). The van der Waals surface area contributed by atoms with Gasteiger partial charge in [0.15, 0.2) is 0 Å². The van der Waals surface area contributed by atoms with E-state index in [9.17, 15) is 9.59 Å². The Kier molecular flexibility index (Phi) is 5.20. The van der Waals surface area contributed by atoms with E-state index in [2.05, 4.69) is 16.0 Å². The first-order valence-corrected chi connectivity index (χ1v) is 7.49. The molecular weight excluding hydrogens is 266 g/mol. The first-order valence-electron chi connectivity index (χ1n) is 7.49. The van der Waals surface area contributed by atoms with Crippen molar-refractivity contribution in [3.63, 3.8) is 0 Å². The maximum absolute atomic E-state index is 12.0. The fourth-order valence-corrected chi connectivity index (χ4v) is 2.46. The zero-order valence-corrected chi connectivity index (χ0v) is 12.6. The highest BCUT2D eigenvalue weighted by molar-refractivity contribution is 5.93. The number of carbonyl (C=O) groups excluding carboxylic acids is 2. The Morgan fingerprint density at radius 1 is 1.14 bits per heavy atom. The number of amides is 3. The van der Waals surface area contributed by atoms with Gasteiger partial charge in [-0.15, -0.1) is 0 Å². The van der Waals surface area contributed by atoms with Crippen molar-refractivity contribution in [1.29, 1.82) is 0 Å². The molecule has 0 aliphatic heterocycles. The molecule has 1 aromatic carbocycles. The molecule has 1 aromatic rings. The van der Waals surface area contributed by atoms with Gasteiger partial charge in [0.1, 0.15) is 6.04 Å². The monoisotopic (exact) mass is 289 g/mol. The summed E-state index contributed by atoms with van der Waals surface area (Å²) in [6.45, 7) is 3.68. The molecule has 0 bridgehead atoms. The number of carbonyl (C=O) groups is 2. The van der Waals surface area contributed by atoms with E-state index >= 15 is 0 Å². The minimum atomic E-state index is -0.545. The van der Waals surface area contributed by atoms with Crippen molar-refractivity contribution in [3.8, 4) is 0 Å². The number of rotatable bonds is 4. The summed E-state index contributed by atoms with van der Waals surface area (Å²) in [6.07, 6.45) is 4.41. The van der Waals surface area contributed by atoms with Gasteiger partial charge in [-0.2, -0.15) is 0 Å². The standard InChI is InChI=1S/C16H23N3O2/c1-11-7-9-14(10-8-11)19-16(21)17-12(2)15(20)18-13-5-3-4-6-13/h7-10,12-13H,3-6H2,1-2H3,(H,18,20)(H2,17,19,21)/t12-/m1/s1. The summed E-state index contributed by atoms with van der Waals surface area (Å²) in [5, 5.41) is 8.35. The number of aryl methyl sites for hydroxylation is 1. The van der Waals surface area contributed by atoms with Crippen LogP contribution in [0.2, 0.25) is 0 Å². The predicted molar refractivity (Wildman–Crippen MR) is 83.2 cm³/mol. The Bertz CT molecular complexity index is 493. The number of anilines is 1. The third-order valence-corrected chi connectivity index (χ3v) is 3.75. The zero-order chi connectivity index (χ0) is 15.2. The van der Waals surface area contributed by atoms with E-state index in [4.69, 9.17) is 0 Å². The first kappa shape index (κ1) is 15.4. The SMILES string of the molecule is Cc1ccc(NC(=O)N[C@H](C)C(=O)NC2CCCC2)cc1. The lowest BCUT2D eigenvalue weighted by molar-refractivity contribution is -0.123. The quantitative estimate of drug-likeness (QED) is 0.797. The number of hydrogen-bond donors (Lipinski definition) is 3. The van der Waals surface area contributed by atoms with Gasteiger partial charge in [0.05, 0.1) is 0 Å². The number of benzene rings is 1. The lowest BCUT2D eigenvalue weighted by Gasteiger charge is -2.18. The van der Waals surface area contributed by atoms with E-state index in [1.54, 1.807) is 6.92 Å². The van der Waals surface area contributed by atoms with Crippen LogP contribution in [0.1, 0.15) is 38.2 Å². The zero-order valence-electron chi connectivity index (χ0n) is 12.6. The maximum atomic E-state index is 12.0.